The first-order chi connectivity index (χ1) is 22.0. The minimum Gasteiger partial charge on any atom is -0.466 e. The molecule has 0 atom stereocenters. The maximum absolute atomic E-state index is 13.7. The molecule has 0 amide bonds. The molecule has 0 aliphatic heterocycles. The normalized spacial score (nSPS) is 9.06. The van der Waals surface area contributed by atoms with Gasteiger partial charge in [0.05, 0.1) is 49.8 Å². The van der Waals surface area contributed by atoms with Crippen molar-refractivity contribution >= 4 is 57.2 Å². The van der Waals surface area contributed by atoms with Crippen molar-refractivity contribution in [2.75, 3.05) is 39.5 Å². The summed E-state index contributed by atoms with van der Waals surface area (Å²) in [6, 6.07) is 12.0. The number of ether oxygens (including phenoxy) is 3. The standard InChI is InChI=1S/C15H13FN2O4.C9H7FN2.C5H6O2.CO2.CH4O.CH4/c1-21-13(19)8-12(15(20)22-2)18-11-7-10(16)6-9-4-3-5-17-14(9)11;10-7-4-6-2-1-3-12-9(6)8(11)5-7;1-3-4-5(6)7-2;2-1-3;1-2;/h3-8,18H,1-2H3;1-5H,11H2;1-2H3;;2H,1H3;1H4/b12-8-;;;;;. The molecule has 250 valence electrons. The van der Waals surface area contributed by atoms with E-state index >= 15 is 0 Å². The zero-order chi connectivity index (χ0) is 35.1. The fourth-order valence-electron chi connectivity index (χ4n) is 3.16. The summed E-state index contributed by atoms with van der Waals surface area (Å²) in [4.78, 5) is 57.5. The Bertz CT molecular complexity index is 1750. The average Bonchev–Trinajstić information content (AvgIpc) is 3.05. The lowest BCUT2D eigenvalue weighted by Gasteiger charge is -2.11. The van der Waals surface area contributed by atoms with Crippen molar-refractivity contribution in [3.05, 3.63) is 84.3 Å². The molecule has 0 fully saturated rings. The zero-order valence-corrected chi connectivity index (χ0v) is 25.3. The maximum atomic E-state index is 13.7. The van der Waals surface area contributed by atoms with E-state index in [4.69, 9.17) is 20.4 Å². The lowest BCUT2D eigenvalue weighted by atomic mass is 10.2. The molecule has 4 N–H and O–H groups in total. The lowest BCUT2D eigenvalue weighted by molar-refractivity contribution is -0.191. The molecule has 2 aromatic heterocycles. The zero-order valence-electron chi connectivity index (χ0n) is 25.3. The van der Waals surface area contributed by atoms with E-state index in [0.717, 1.165) is 25.7 Å². The van der Waals surface area contributed by atoms with E-state index in [1.807, 2.05) is 0 Å². The summed E-state index contributed by atoms with van der Waals surface area (Å²) >= 11 is 0. The van der Waals surface area contributed by atoms with Gasteiger partial charge in [0.1, 0.15) is 17.3 Å². The predicted octanol–water partition coefficient (Wildman–Crippen LogP) is 3.82. The molecule has 2 aromatic carbocycles. The van der Waals surface area contributed by atoms with Crippen molar-refractivity contribution in [1.29, 1.82) is 0 Å². The van der Waals surface area contributed by atoms with Gasteiger partial charge in [-0.25, -0.2) is 23.2 Å². The molecule has 0 saturated carbocycles. The van der Waals surface area contributed by atoms with Crippen LogP contribution in [-0.2, 0) is 38.2 Å². The molecule has 13 nitrogen and oxygen atoms in total. The van der Waals surface area contributed by atoms with Gasteiger partial charge >= 0.3 is 24.1 Å². The number of anilines is 2. The van der Waals surface area contributed by atoms with Gasteiger partial charge in [0.2, 0.25) is 0 Å². The van der Waals surface area contributed by atoms with Crippen molar-refractivity contribution < 1.29 is 52.1 Å². The number of esters is 3. The van der Waals surface area contributed by atoms with Gasteiger partial charge in [0, 0.05) is 36.2 Å². The number of hydrogen-bond acceptors (Lipinski definition) is 13. The smallest absolute Gasteiger partial charge is 0.384 e. The number of nitrogens with zero attached hydrogens (tertiary/aromatic N) is 2. The van der Waals surface area contributed by atoms with Crippen LogP contribution in [0.3, 0.4) is 0 Å². The molecule has 4 aromatic rings. The Kier molecular flexibility index (Phi) is 22.0. The first kappa shape index (κ1) is 42.9. The van der Waals surface area contributed by atoms with E-state index in [-0.39, 0.29) is 30.8 Å². The highest BCUT2D eigenvalue weighted by molar-refractivity contribution is 6.01. The number of aliphatic hydroxyl groups excluding tert-OH is 1. The van der Waals surface area contributed by atoms with Crippen LogP contribution < -0.4 is 11.1 Å². The minimum absolute atomic E-state index is 0. The Labute approximate surface area is 269 Å². The van der Waals surface area contributed by atoms with Gasteiger partial charge < -0.3 is 30.4 Å². The molecule has 0 aliphatic carbocycles. The predicted molar refractivity (Wildman–Crippen MR) is 169 cm³/mol. The molecular weight excluding hydrogens is 622 g/mol. The number of hydrogen-bond donors (Lipinski definition) is 3. The average molecular weight is 657 g/mol. The van der Waals surface area contributed by atoms with Gasteiger partial charge in [-0.3, -0.25) is 9.97 Å². The number of nitrogen functional groups attached to an aromatic ring is 1. The van der Waals surface area contributed by atoms with E-state index in [2.05, 4.69) is 41.3 Å². The van der Waals surface area contributed by atoms with E-state index in [0.29, 0.717) is 22.1 Å². The summed E-state index contributed by atoms with van der Waals surface area (Å²) < 4.78 is 39.7. The first-order valence-electron chi connectivity index (χ1n) is 12.5. The number of nitrogens with one attached hydrogen (secondary N) is 1. The fourth-order valence-corrected chi connectivity index (χ4v) is 3.16. The Morgan fingerprint density at radius 3 is 1.85 bits per heavy atom. The molecule has 15 heteroatoms. The van der Waals surface area contributed by atoms with Gasteiger partial charge in [-0.15, -0.1) is 0 Å². The number of aromatic nitrogens is 2. The fraction of sp³-hybridized carbons (Fsp3) is 0.188. The number of carbonyl (C=O) groups excluding carboxylic acids is 5. The summed E-state index contributed by atoms with van der Waals surface area (Å²) in [6.07, 6.45) is 4.34. The highest BCUT2D eigenvalue weighted by atomic mass is 19.1. The van der Waals surface area contributed by atoms with Gasteiger partial charge in [-0.2, -0.15) is 9.59 Å². The molecule has 2 heterocycles. The SMILES string of the molecule is C.CC#CC(=O)OC.CO.COC(=O)/C=C(\Nc1cc(F)cc2cccnc12)C(=O)OC.Nc1cc(F)cc2cccnc12.O=C=O. The summed E-state index contributed by atoms with van der Waals surface area (Å²) in [5.74, 6) is 1.72. The van der Waals surface area contributed by atoms with Crippen LogP contribution in [0.15, 0.2) is 72.7 Å². The Morgan fingerprint density at radius 2 is 1.38 bits per heavy atom. The van der Waals surface area contributed by atoms with Gasteiger partial charge in [-0.1, -0.05) is 25.5 Å². The topological polar surface area (TPSA) is 197 Å². The Balaban J connectivity index is 0. The minimum atomic E-state index is -0.793. The third kappa shape index (κ3) is 15.4. The van der Waals surface area contributed by atoms with E-state index in [9.17, 15) is 23.2 Å². The third-order valence-corrected chi connectivity index (χ3v) is 4.92. The van der Waals surface area contributed by atoms with Crippen molar-refractivity contribution in [2.24, 2.45) is 0 Å². The molecule has 47 heavy (non-hydrogen) atoms. The second kappa shape index (κ2) is 24.1. The molecule has 0 bridgehead atoms. The third-order valence-electron chi connectivity index (χ3n) is 4.92. The Hall–Kier alpha value is -6.23. The van der Waals surface area contributed by atoms with Crippen molar-refractivity contribution in [2.45, 2.75) is 14.4 Å². The number of methoxy groups -OCH3 is 3. The van der Waals surface area contributed by atoms with Crippen LogP contribution in [-0.4, -0.2) is 67.6 Å². The van der Waals surface area contributed by atoms with Crippen LogP contribution >= 0.6 is 0 Å². The largest absolute Gasteiger partial charge is 0.466 e. The van der Waals surface area contributed by atoms with E-state index < -0.39 is 23.7 Å². The Morgan fingerprint density at radius 1 is 0.872 bits per heavy atom. The van der Waals surface area contributed by atoms with Crippen LogP contribution in [0.4, 0.5) is 20.2 Å². The molecule has 0 saturated heterocycles. The van der Waals surface area contributed by atoms with Crippen LogP contribution in [0.2, 0.25) is 0 Å². The van der Waals surface area contributed by atoms with Crippen LogP contribution in [0, 0.1) is 23.5 Å². The summed E-state index contributed by atoms with van der Waals surface area (Å²) in [5.41, 5.74) is 7.08. The molecular formula is C32H34F2N4O9. The number of nitrogens with two attached hydrogens (primary N) is 1. The maximum Gasteiger partial charge on any atom is 0.384 e. The van der Waals surface area contributed by atoms with Crippen molar-refractivity contribution in [3.63, 3.8) is 0 Å². The highest BCUT2D eigenvalue weighted by Gasteiger charge is 2.15. The molecule has 0 unspecified atom stereocenters. The monoisotopic (exact) mass is 656 g/mol. The van der Waals surface area contributed by atoms with Gasteiger partial charge in [-0.05, 0) is 43.3 Å². The summed E-state index contributed by atoms with van der Waals surface area (Å²) in [5, 5.41) is 10.9. The van der Waals surface area contributed by atoms with Gasteiger partial charge in [0.25, 0.3) is 0 Å². The number of benzene rings is 2. The van der Waals surface area contributed by atoms with E-state index in [1.54, 1.807) is 37.4 Å². The van der Waals surface area contributed by atoms with E-state index in [1.165, 1.54) is 44.7 Å². The van der Waals surface area contributed by atoms with Crippen molar-refractivity contribution in [1.82, 2.24) is 9.97 Å². The molecule has 0 spiro atoms. The number of aliphatic hydroxyl groups is 1. The summed E-state index contributed by atoms with van der Waals surface area (Å²) in [7, 11) is 4.64. The van der Waals surface area contributed by atoms with Crippen LogP contribution in [0.25, 0.3) is 21.8 Å². The second-order valence-corrected chi connectivity index (χ2v) is 7.75. The first-order valence-corrected chi connectivity index (χ1v) is 12.5. The number of carbonyl (C=O) groups is 3. The lowest BCUT2D eigenvalue weighted by Crippen LogP contribution is -2.16. The quantitative estimate of drug-likeness (QED) is 0.0717. The molecule has 0 radical (unpaired) electrons. The number of rotatable bonds is 4. The molecule has 4 rings (SSSR count). The second-order valence-electron chi connectivity index (χ2n) is 7.75. The number of pyridine rings is 2. The van der Waals surface area contributed by atoms with Crippen LogP contribution in [0.1, 0.15) is 14.4 Å². The number of halogens is 2. The van der Waals surface area contributed by atoms with Crippen LogP contribution in [0.5, 0.6) is 0 Å². The number of fused-ring (bicyclic) bond motifs is 2. The van der Waals surface area contributed by atoms with Gasteiger partial charge in [0.15, 0.2) is 0 Å². The van der Waals surface area contributed by atoms with Crippen molar-refractivity contribution in [3.8, 4) is 11.8 Å². The highest BCUT2D eigenvalue weighted by Crippen LogP contribution is 2.24. The summed E-state index contributed by atoms with van der Waals surface area (Å²) in [6.45, 7) is 1.58. The molecule has 0 aliphatic rings.